The summed E-state index contributed by atoms with van der Waals surface area (Å²) in [5, 5.41) is 11.7. The molecule has 0 aromatic heterocycles. The van der Waals surface area contributed by atoms with Gasteiger partial charge in [-0.1, -0.05) is 0 Å². The Morgan fingerprint density at radius 1 is 0.955 bits per heavy atom. The summed E-state index contributed by atoms with van der Waals surface area (Å²) in [5.74, 6) is 0. The number of aryl methyl sites for hydroxylation is 1. The van der Waals surface area contributed by atoms with E-state index in [9.17, 15) is 10.1 Å². The molecule has 0 aliphatic heterocycles. The van der Waals surface area contributed by atoms with Gasteiger partial charge in [0.2, 0.25) is 0 Å². The summed E-state index contributed by atoms with van der Waals surface area (Å²) in [6.45, 7) is 6.47. The molecule has 0 atom stereocenters. The van der Waals surface area contributed by atoms with E-state index in [-0.39, 0.29) is 4.92 Å². The topological polar surface area (TPSA) is 43.1 Å². The molecule has 0 N–H and O–H groups in total. The number of rotatable bonds is 10. The molecule has 3 nitrogen and oxygen atoms in total. The second-order valence-electron chi connectivity index (χ2n) is 6.00. The number of hydrogen-bond donors (Lipinski definition) is 0. The Bertz CT molecular complexity index is 500. The Hall–Kier alpha value is -0.581. The van der Waals surface area contributed by atoms with E-state index in [0.29, 0.717) is 5.69 Å². The van der Waals surface area contributed by atoms with Crippen molar-refractivity contribution in [3.8, 4) is 0 Å². The average molecular weight is 410 g/mol. The molecule has 0 bridgehead atoms. The summed E-state index contributed by atoms with van der Waals surface area (Å²) in [5.41, 5.74) is 3.76. The van der Waals surface area contributed by atoms with Crippen molar-refractivity contribution in [2.75, 3.05) is 0 Å². The predicted octanol–water partition coefficient (Wildman–Crippen LogP) is 4.15. The number of nitro groups is 1. The Morgan fingerprint density at radius 3 is 1.95 bits per heavy atom. The van der Waals surface area contributed by atoms with Crippen molar-refractivity contribution in [3.05, 3.63) is 32.9 Å². The van der Waals surface area contributed by atoms with Gasteiger partial charge in [-0.25, -0.2) is 0 Å². The summed E-state index contributed by atoms with van der Waals surface area (Å²) < 4.78 is 1.38. The van der Waals surface area contributed by atoms with E-state index in [1.54, 1.807) is 0 Å². The van der Waals surface area contributed by atoms with Crippen LogP contribution in [0.2, 0.25) is 0 Å². The van der Waals surface area contributed by atoms with Crippen LogP contribution in [-0.2, 0) is 19.3 Å². The van der Waals surface area contributed by atoms with Crippen molar-refractivity contribution in [2.45, 2.75) is 78.6 Å². The van der Waals surface area contributed by atoms with Crippen LogP contribution in [0.25, 0.3) is 0 Å². The molecule has 122 valence electrons. The standard InChI is InChI=1S/C18H28NO2.Sn.H/c1-4-7-10-15-13-14-16(11-8-5-2)18(19(20)21)17(15)12-9-6-3;;/h14H,4-12H2,1-3H3;;. The van der Waals surface area contributed by atoms with Crippen LogP contribution >= 0.6 is 0 Å². The van der Waals surface area contributed by atoms with Crippen molar-refractivity contribution in [2.24, 2.45) is 0 Å². The maximum absolute atomic E-state index is 11.7. The SMILES string of the molecule is CCCCc1c[c]([SnH])c(CCCC)c(CCCC)c1[N+](=O)[O-]. The second-order valence-corrected chi connectivity index (χ2v) is 7.77. The monoisotopic (exact) mass is 411 g/mol. The van der Waals surface area contributed by atoms with Crippen LogP contribution in [0.5, 0.6) is 0 Å². The molecule has 0 heterocycles. The van der Waals surface area contributed by atoms with Gasteiger partial charge in [-0.05, 0) is 0 Å². The number of unbranched alkanes of at least 4 members (excludes halogenated alkanes) is 3. The molecule has 0 unspecified atom stereocenters. The van der Waals surface area contributed by atoms with Gasteiger partial charge >= 0.3 is 148 Å². The van der Waals surface area contributed by atoms with Crippen molar-refractivity contribution < 1.29 is 4.92 Å². The van der Waals surface area contributed by atoms with E-state index in [1.807, 2.05) is 0 Å². The van der Waals surface area contributed by atoms with Crippen LogP contribution in [0, 0.1) is 10.1 Å². The number of hydrogen-bond acceptors (Lipinski definition) is 2. The van der Waals surface area contributed by atoms with Crippen LogP contribution < -0.4 is 3.58 Å². The van der Waals surface area contributed by atoms with Crippen molar-refractivity contribution >= 4 is 31.8 Å². The van der Waals surface area contributed by atoms with E-state index in [4.69, 9.17) is 0 Å². The van der Waals surface area contributed by atoms with Gasteiger partial charge in [0.25, 0.3) is 0 Å². The van der Waals surface area contributed by atoms with E-state index in [0.717, 1.165) is 91.4 Å². The summed E-state index contributed by atoms with van der Waals surface area (Å²) in [7, 11) is 0. The van der Waals surface area contributed by atoms with Gasteiger partial charge in [0.05, 0.1) is 0 Å². The quantitative estimate of drug-likeness (QED) is 0.331. The minimum absolute atomic E-state index is 0.120. The maximum atomic E-state index is 11.7. The van der Waals surface area contributed by atoms with Gasteiger partial charge < -0.3 is 0 Å². The summed E-state index contributed by atoms with van der Waals surface area (Å²) in [6.07, 6.45) is 9.19. The normalized spacial score (nSPS) is 10.9. The number of benzene rings is 1. The first kappa shape index (κ1) is 19.5. The van der Waals surface area contributed by atoms with Crippen LogP contribution in [0.1, 0.15) is 76.0 Å². The Balaban J connectivity index is 3.37. The molecule has 22 heavy (non-hydrogen) atoms. The summed E-state index contributed by atoms with van der Waals surface area (Å²) in [6, 6.07) is 2.14. The zero-order valence-electron chi connectivity index (χ0n) is 14.3. The van der Waals surface area contributed by atoms with Gasteiger partial charge in [0, 0.05) is 0 Å². The summed E-state index contributed by atoms with van der Waals surface area (Å²) >= 11 is 1.05. The van der Waals surface area contributed by atoms with Gasteiger partial charge in [-0.2, -0.15) is 0 Å². The third-order valence-electron chi connectivity index (χ3n) is 4.18. The molecular formula is C18H29NO2Sn. The summed E-state index contributed by atoms with van der Waals surface area (Å²) in [4.78, 5) is 11.6. The van der Waals surface area contributed by atoms with Crippen molar-refractivity contribution in [1.82, 2.24) is 0 Å². The minimum atomic E-state index is -0.120. The van der Waals surface area contributed by atoms with E-state index < -0.39 is 0 Å². The predicted molar refractivity (Wildman–Crippen MR) is 95.7 cm³/mol. The molecule has 0 aliphatic rings. The zero-order valence-corrected chi connectivity index (χ0v) is 17.6. The fourth-order valence-corrected chi connectivity index (χ4v) is 4.39. The molecular weight excluding hydrogens is 381 g/mol. The first-order chi connectivity index (χ1) is 10.6. The molecule has 1 aromatic carbocycles. The first-order valence-corrected chi connectivity index (χ1v) is 10.3. The zero-order chi connectivity index (χ0) is 16.5. The Labute approximate surface area is 148 Å². The Morgan fingerprint density at radius 2 is 1.45 bits per heavy atom. The molecule has 0 amide bonds. The van der Waals surface area contributed by atoms with Gasteiger partial charge in [0.1, 0.15) is 0 Å². The average Bonchev–Trinajstić information content (AvgIpc) is 2.49. The molecule has 4 heteroatoms. The van der Waals surface area contributed by atoms with Crippen LogP contribution in [0.15, 0.2) is 6.07 Å². The van der Waals surface area contributed by atoms with Gasteiger partial charge in [0.15, 0.2) is 0 Å². The molecule has 2 radical (unpaired) electrons. The van der Waals surface area contributed by atoms with Crippen molar-refractivity contribution in [3.63, 3.8) is 0 Å². The molecule has 0 spiro atoms. The molecule has 1 rings (SSSR count). The fourth-order valence-electron chi connectivity index (χ4n) is 2.91. The van der Waals surface area contributed by atoms with E-state index >= 15 is 0 Å². The third kappa shape index (κ3) is 5.25. The third-order valence-corrected chi connectivity index (χ3v) is 5.65. The molecule has 0 saturated carbocycles. The van der Waals surface area contributed by atoms with Crippen LogP contribution in [0.4, 0.5) is 5.69 Å². The second kappa shape index (κ2) is 10.2. The Kier molecular flexibility index (Phi) is 9.06. The fraction of sp³-hybridized carbons (Fsp3) is 0.667. The van der Waals surface area contributed by atoms with Gasteiger partial charge in [-0.3, -0.25) is 0 Å². The van der Waals surface area contributed by atoms with Crippen LogP contribution in [0.3, 0.4) is 0 Å². The van der Waals surface area contributed by atoms with Crippen molar-refractivity contribution in [1.29, 1.82) is 0 Å². The number of nitro benzene ring substituents is 1. The van der Waals surface area contributed by atoms with Crippen LogP contribution in [-0.4, -0.2) is 27.4 Å². The van der Waals surface area contributed by atoms with Gasteiger partial charge in [-0.15, -0.1) is 0 Å². The molecule has 0 aliphatic carbocycles. The first-order valence-electron chi connectivity index (χ1n) is 8.64. The molecule has 1 aromatic rings. The molecule has 0 fully saturated rings. The molecule has 0 saturated heterocycles. The number of nitrogens with zero attached hydrogens (tertiary/aromatic N) is 1. The van der Waals surface area contributed by atoms with E-state index in [2.05, 4.69) is 26.8 Å². The van der Waals surface area contributed by atoms with E-state index in [1.165, 1.54) is 9.14 Å².